The van der Waals surface area contributed by atoms with Gasteiger partial charge in [0.25, 0.3) is 5.69 Å². The number of hydrogen-bond donors (Lipinski definition) is 0. The van der Waals surface area contributed by atoms with Crippen LogP contribution >= 0.6 is 0 Å². The highest BCUT2D eigenvalue weighted by Crippen LogP contribution is 2.31. The van der Waals surface area contributed by atoms with Crippen LogP contribution in [0.5, 0.6) is 0 Å². The lowest BCUT2D eigenvalue weighted by Crippen LogP contribution is -1.93. The average Bonchev–Trinajstić information content (AvgIpc) is 2.29. The number of nitro groups is 1. The second-order valence-electron chi connectivity index (χ2n) is 3.73. The third-order valence-electron chi connectivity index (χ3n) is 2.58. The van der Waals surface area contributed by atoms with E-state index in [1.54, 1.807) is 31.2 Å². The van der Waals surface area contributed by atoms with Crippen LogP contribution in [-0.2, 0) is 0 Å². The Morgan fingerprint density at radius 2 is 1.82 bits per heavy atom. The lowest BCUT2D eigenvalue weighted by molar-refractivity contribution is -0.384. The smallest absolute Gasteiger partial charge is 0.258 e. The number of aryl methyl sites for hydroxylation is 1. The highest BCUT2D eigenvalue weighted by atomic mass is 19.1. The van der Waals surface area contributed by atoms with Crippen LogP contribution in [0.3, 0.4) is 0 Å². The fourth-order valence-corrected chi connectivity index (χ4v) is 1.79. The van der Waals surface area contributed by atoms with Crippen LogP contribution in [-0.4, -0.2) is 4.92 Å². The van der Waals surface area contributed by atoms with Crippen molar-refractivity contribution in [2.45, 2.75) is 6.92 Å². The number of rotatable bonds is 2. The van der Waals surface area contributed by atoms with Crippen molar-refractivity contribution in [1.29, 1.82) is 0 Å². The largest absolute Gasteiger partial charge is 0.277 e. The van der Waals surface area contributed by atoms with Gasteiger partial charge in [0.1, 0.15) is 5.82 Å². The van der Waals surface area contributed by atoms with Gasteiger partial charge in [-0.3, -0.25) is 10.1 Å². The Bertz CT molecular complexity index is 581. The van der Waals surface area contributed by atoms with E-state index in [0.717, 1.165) is 0 Å². The van der Waals surface area contributed by atoms with Gasteiger partial charge >= 0.3 is 0 Å². The van der Waals surface area contributed by atoms with Crippen molar-refractivity contribution >= 4 is 5.69 Å². The predicted octanol–water partition coefficient (Wildman–Crippen LogP) is 3.71. The maximum Gasteiger partial charge on any atom is 0.277 e. The summed E-state index contributed by atoms with van der Waals surface area (Å²) in [4.78, 5) is 10.5. The topological polar surface area (TPSA) is 43.1 Å². The van der Waals surface area contributed by atoms with E-state index in [4.69, 9.17) is 0 Å². The molecule has 0 atom stereocenters. The summed E-state index contributed by atoms with van der Waals surface area (Å²) in [5.41, 5.74) is 1.90. The molecule has 0 aliphatic carbocycles. The van der Waals surface area contributed by atoms with Crippen LogP contribution in [0.4, 0.5) is 10.1 Å². The van der Waals surface area contributed by atoms with Gasteiger partial charge in [0, 0.05) is 6.07 Å². The van der Waals surface area contributed by atoms with Crippen molar-refractivity contribution in [3.05, 3.63) is 64.0 Å². The molecular weight excluding hydrogens is 221 g/mol. The summed E-state index contributed by atoms with van der Waals surface area (Å²) in [6, 6.07) is 10.7. The van der Waals surface area contributed by atoms with Crippen LogP contribution < -0.4 is 0 Å². The number of benzene rings is 2. The van der Waals surface area contributed by atoms with E-state index in [0.29, 0.717) is 16.7 Å². The van der Waals surface area contributed by atoms with Crippen LogP contribution in [0.15, 0.2) is 42.5 Å². The molecule has 0 bridgehead atoms. The predicted molar refractivity (Wildman–Crippen MR) is 63.2 cm³/mol. The zero-order valence-corrected chi connectivity index (χ0v) is 9.18. The first-order valence-corrected chi connectivity index (χ1v) is 5.09. The van der Waals surface area contributed by atoms with E-state index in [9.17, 15) is 14.5 Å². The minimum Gasteiger partial charge on any atom is -0.258 e. The Balaban J connectivity index is 2.64. The van der Waals surface area contributed by atoms with Crippen LogP contribution in [0.25, 0.3) is 11.1 Å². The van der Waals surface area contributed by atoms with E-state index < -0.39 is 4.92 Å². The van der Waals surface area contributed by atoms with Gasteiger partial charge in [-0.1, -0.05) is 18.2 Å². The molecule has 0 radical (unpaired) electrons. The third kappa shape index (κ3) is 2.15. The summed E-state index contributed by atoms with van der Waals surface area (Å²) in [6.07, 6.45) is 0. The van der Waals surface area contributed by atoms with Crippen molar-refractivity contribution < 1.29 is 9.31 Å². The Hall–Kier alpha value is -2.23. The maximum atomic E-state index is 13.0. The molecule has 0 N–H and O–H groups in total. The number of nitro benzene ring substituents is 1. The van der Waals surface area contributed by atoms with Gasteiger partial charge in [-0.25, -0.2) is 4.39 Å². The first kappa shape index (κ1) is 11.3. The van der Waals surface area contributed by atoms with Gasteiger partial charge in [-0.2, -0.15) is 0 Å². The maximum absolute atomic E-state index is 13.0. The van der Waals surface area contributed by atoms with Crippen molar-refractivity contribution in [3.63, 3.8) is 0 Å². The van der Waals surface area contributed by atoms with Crippen molar-refractivity contribution in [1.82, 2.24) is 0 Å². The van der Waals surface area contributed by atoms with Gasteiger partial charge in [0.2, 0.25) is 0 Å². The molecule has 0 heterocycles. The Labute approximate surface area is 97.7 Å². The molecule has 17 heavy (non-hydrogen) atoms. The fraction of sp³-hybridized carbons (Fsp3) is 0.0769. The normalized spacial score (nSPS) is 10.2. The summed E-state index contributed by atoms with van der Waals surface area (Å²) in [5, 5.41) is 10.9. The second-order valence-corrected chi connectivity index (χ2v) is 3.73. The second kappa shape index (κ2) is 4.33. The number of nitrogens with zero attached hydrogens (tertiary/aromatic N) is 1. The summed E-state index contributed by atoms with van der Waals surface area (Å²) < 4.78 is 13.0. The number of hydrogen-bond acceptors (Lipinski definition) is 2. The Morgan fingerprint density at radius 1 is 1.12 bits per heavy atom. The van der Waals surface area contributed by atoms with Gasteiger partial charge < -0.3 is 0 Å². The van der Waals surface area contributed by atoms with E-state index in [1.165, 1.54) is 18.2 Å². The molecule has 3 nitrogen and oxygen atoms in total. The Morgan fingerprint density at radius 3 is 2.47 bits per heavy atom. The quantitative estimate of drug-likeness (QED) is 0.584. The minimum atomic E-state index is -0.432. The molecular formula is C13H10FNO2. The van der Waals surface area contributed by atoms with Gasteiger partial charge in [-0.15, -0.1) is 0 Å². The molecule has 0 aliphatic heterocycles. The molecule has 0 saturated carbocycles. The van der Waals surface area contributed by atoms with Crippen LogP contribution in [0.2, 0.25) is 0 Å². The van der Waals surface area contributed by atoms with E-state index in [-0.39, 0.29) is 11.5 Å². The van der Waals surface area contributed by atoms with Gasteiger partial charge in [0.15, 0.2) is 0 Å². The van der Waals surface area contributed by atoms with Gasteiger partial charge in [0.05, 0.1) is 10.5 Å². The van der Waals surface area contributed by atoms with Crippen molar-refractivity contribution in [2.24, 2.45) is 0 Å². The summed E-state index contributed by atoms with van der Waals surface area (Å²) in [6.45, 7) is 1.73. The molecule has 0 aliphatic rings. The highest BCUT2D eigenvalue weighted by molar-refractivity contribution is 5.75. The van der Waals surface area contributed by atoms with Crippen LogP contribution in [0.1, 0.15) is 5.56 Å². The van der Waals surface area contributed by atoms with Crippen molar-refractivity contribution in [2.75, 3.05) is 0 Å². The molecule has 2 aromatic carbocycles. The van der Waals surface area contributed by atoms with E-state index in [2.05, 4.69) is 0 Å². The average molecular weight is 231 g/mol. The fourth-order valence-electron chi connectivity index (χ4n) is 1.79. The van der Waals surface area contributed by atoms with Gasteiger partial charge in [-0.05, 0) is 36.2 Å². The summed E-state index contributed by atoms with van der Waals surface area (Å²) in [5.74, 6) is -0.343. The van der Waals surface area contributed by atoms with E-state index >= 15 is 0 Å². The number of halogens is 1. The van der Waals surface area contributed by atoms with Crippen molar-refractivity contribution in [3.8, 4) is 11.1 Å². The van der Waals surface area contributed by atoms with E-state index in [1.807, 2.05) is 0 Å². The molecule has 2 rings (SSSR count). The molecule has 0 aromatic heterocycles. The zero-order chi connectivity index (χ0) is 12.4. The minimum absolute atomic E-state index is 0.0298. The first-order valence-electron chi connectivity index (χ1n) is 5.09. The third-order valence-corrected chi connectivity index (χ3v) is 2.58. The standard InChI is InChI=1S/C13H10FNO2/c1-9-8-10(14)6-7-11(9)12-4-2-3-5-13(12)15(16)17/h2-8H,1H3. The summed E-state index contributed by atoms with van der Waals surface area (Å²) >= 11 is 0. The molecule has 0 amide bonds. The monoisotopic (exact) mass is 231 g/mol. The molecule has 0 spiro atoms. The lowest BCUT2D eigenvalue weighted by atomic mass is 9.99. The Kier molecular flexibility index (Phi) is 2.87. The molecule has 0 saturated heterocycles. The van der Waals surface area contributed by atoms with Crippen LogP contribution in [0, 0.1) is 22.9 Å². The summed E-state index contributed by atoms with van der Waals surface area (Å²) in [7, 11) is 0. The molecule has 0 fully saturated rings. The first-order chi connectivity index (χ1) is 8.09. The highest BCUT2D eigenvalue weighted by Gasteiger charge is 2.15. The molecule has 4 heteroatoms. The molecule has 86 valence electrons. The lowest BCUT2D eigenvalue weighted by Gasteiger charge is -2.06. The molecule has 0 unspecified atom stereocenters. The zero-order valence-electron chi connectivity index (χ0n) is 9.18. The SMILES string of the molecule is Cc1cc(F)ccc1-c1ccccc1[N+](=O)[O-]. The number of para-hydroxylation sites is 1. The molecule has 2 aromatic rings.